The number of halogens is 4. The number of benzene rings is 1. The summed E-state index contributed by atoms with van der Waals surface area (Å²) in [5.41, 5.74) is -0.297. The summed E-state index contributed by atoms with van der Waals surface area (Å²) >= 11 is 5.88. The Labute approximate surface area is 202 Å². The lowest BCUT2D eigenvalue weighted by atomic mass is 9.97. The molecule has 3 aromatic rings. The molecule has 2 N–H and O–H groups in total. The zero-order valence-electron chi connectivity index (χ0n) is 18.3. The van der Waals surface area contributed by atoms with Crippen molar-refractivity contribution in [1.29, 1.82) is 0 Å². The van der Waals surface area contributed by atoms with Gasteiger partial charge in [0.2, 0.25) is 5.91 Å². The first-order chi connectivity index (χ1) is 16.7. The predicted octanol–water partition coefficient (Wildman–Crippen LogP) is 3.62. The molecule has 2 aliphatic heterocycles. The molecule has 2 aliphatic rings. The maximum atomic E-state index is 13.5. The van der Waals surface area contributed by atoms with Crippen LogP contribution in [0.3, 0.4) is 0 Å². The maximum Gasteiger partial charge on any atom is 0.416 e. The fourth-order valence-electron chi connectivity index (χ4n) is 4.70. The highest BCUT2D eigenvalue weighted by Gasteiger charge is 2.41. The van der Waals surface area contributed by atoms with E-state index in [4.69, 9.17) is 11.6 Å². The van der Waals surface area contributed by atoms with Crippen LogP contribution in [0.4, 0.5) is 24.7 Å². The van der Waals surface area contributed by atoms with Crippen LogP contribution in [0.2, 0.25) is 5.02 Å². The molecule has 13 heteroatoms. The van der Waals surface area contributed by atoms with E-state index in [1.807, 2.05) is 0 Å². The van der Waals surface area contributed by atoms with Gasteiger partial charge < -0.3 is 10.2 Å². The van der Waals surface area contributed by atoms with Crippen LogP contribution in [0, 0.1) is 0 Å². The van der Waals surface area contributed by atoms with Gasteiger partial charge in [-0.3, -0.25) is 19.6 Å². The maximum absolute atomic E-state index is 13.5. The molecule has 184 valence electrons. The second-order valence-electron chi connectivity index (χ2n) is 8.57. The van der Waals surface area contributed by atoms with Crippen LogP contribution in [-0.2, 0) is 15.8 Å². The van der Waals surface area contributed by atoms with Crippen LogP contribution in [0.1, 0.15) is 31.2 Å². The van der Waals surface area contributed by atoms with E-state index in [1.54, 1.807) is 11.1 Å². The number of hydrogen-bond donors (Lipinski definition) is 2. The molecule has 2 fully saturated rings. The van der Waals surface area contributed by atoms with E-state index in [9.17, 15) is 22.8 Å². The number of carbonyl (C=O) groups excluding carboxylic acids is 2. The SMILES string of the molecule is O=C1[C@H](N2CCCC(Nc3cc(Cl)cc(C(F)(F)F)c3)C2=O)CCCN1c1ncnc2[nH]ncc12. The first-order valence-electron chi connectivity index (χ1n) is 11.1. The molecule has 0 radical (unpaired) electrons. The van der Waals surface area contributed by atoms with Crippen molar-refractivity contribution in [2.45, 2.75) is 43.9 Å². The third-order valence-corrected chi connectivity index (χ3v) is 6.53. The van der Waals surface area contributed by atoms with Crippen molar-refractivity contribution in [2.75, 3.05) is 23.3 Å². The number of carbonyl (C=O) groups is 2. The summed E-state index contributed by atoms with van der Waals surface area (Å²) in [4.78, 5) is 38.3. The van der Waals surface area contributed by atoms with Gasteiger partial charge in [-0.1, -0.05) is 11.6 Å². The molecule has 4 heterocycles. The van der Waals surface area contributed by atoms with Gasteiger partial charge in [0.05, 0.1) is 17.1 Å². The van der Waals surface area contributed by atoms with Gasteiger partial charge >= 0.3 is 6.18 Å². The smallest absolute Gasteiger partial charge is 0.374 e. The summed E-state index contributed by atoms with van der Waals surface area (Å²) in [6.45, 7) is 0.828. The normalized spacial score (nSPS) is 21.6. The van der Waals surface area contributed by atoms with Crippen LogP contribution in [-0.4, -0.2) is 62.1 Å². The molecule has 1 aromatic carbocycles. The summed E-state index contributed by atoms with van der Waals surface area (Å²) in [6, 6.07) is 1.65. The number of anilines is 2. The number of piperidine rings is 2. The number of aromatic amines is 1. The first-order valence-corrected chi connectivity index (χ1v) is 11.5. The Morgan fingerprint density at radius 2 is 1.86 bits per heavy atom. The van der Waals surface area contributed by atoms with E-state index >= 15 is 0 Å². The van der Waals surface area contributed by atoms with Crippen LogP contribution in [0.15, 0.2) is 30.7 Å². The minimum Gasteiger partial charge on any atom is -0.374 e. The van der Waals surface area contributed by atoms with Crippen LogP contribution in [0.25, 0.3) is 11.0 Å². The van der Waals surface area contributed by atoms with Crippen molar-refractivity contribution in [1.82, 2.24) is 25.1 Å². The Hall–Kier alpha value is -3.41. The molecule has 2 saturated heterocycles. The molecule has 5 rings (SSSR count). The Bertz CT molecular complexity index is 1280. The monoisotopic (exact) mass is 507 g/mol. The van der Waals surface area contributed by atoms with Gasteiger partial charge in [0, 0.05) is 23.8 Å². The molecule has 35 heavy (non-hydrogen) atoms. The molecule has 0 saturated carbocycles. The fourth-order valence-corrected chi connectivity index (χ4v) is 4.94. The molecular weight excluding hydrogens is 487 g/mol. The number of H-pyrrole nitrogens is 1. The van der Waals surface area contributed by atoms with Crippen LogP contribution in [0.5, 0.6) is 0 Å². The second kappa shape index (κ2) is 8.99. The summed E-state index contributed by atoms with van der Waals surface area (Å²) in [7, 11) is 0. The van der Waals surface area contributed by atoms with E-state index < -0.39 is 23.8 Å². The van der Waals surface area contributed by atoms with E-state index in [1.165, 1.54) is 17.3 Å². The molecule has 0 bridgehead atoms. The summed E-state index contributed by atoms with van der Waals surface area (Å²) < 4.78 is 39.6. The average Bonchev–Trinajstić information content (AvgIpc) is 3.29. The lowest BCUT2D eigenvalue weighted by molar-refractivity contribution is -0.143. The number of fused-ring (bicyclic) bond motifs is 1. The van der Waals surface area contributed by atoms with E-state index in [0.29, 0.717) is 55.6 Å². The number of rotatable bonds is 4. The van der Waals surface area contributed by atoms with Crippen molar-refractivity contribution >= 4 is 46.0 Å². The van der Waals surface area contributed by atoms with Crippen molar-refractivity contribution in [3.63, 3.8) is 0 Å². The molecule has 1 unspecified atom stereocenters. The summed E-state index contributed by atoms with van der Waals surface area (Å²) in [6.07, 6.45) is 0.498. The van der Waals surface area contributed by atoms with Gasteiger partial charge in [0.15, 0.2) is 5.65 Å². The Balaban J connectivity index is 1.36. The third kappa shape index (κ3) is 4.49. The molecule has 0 aliphatic carbocycles. The second-order valence-corrected chi connectivity index (χ2v) is 9.01. The number of aromatic nitrogens is 4. The number of alkyl halides is 3. The lowest BCUT2D eigenvalue weighted by Gasteiger charge is -2.41. The number of amides is 2. The van der Waals surface area contributed by atoms with Crippen LogP contribution < -0.4 is 10.2 Å². The Morgan fingerprint density at radius 1 is 1.06 bits per heavy atom. The standard InChI is InChI=1S/C22H21ClF3N7O2/c23-13-7-12(22(24,25)26)8-14(9-13)30-16-3-1-5-32(20(16)34)17-4-2-6-33(21(17)35)19-15-10-29-31-18(15)27-11-28-19/h7-11,16-17,30H,1-6H2,(H,27,28,29,31)/t16?,17-/m1/s1. The van der Waals surface area contributed by atoms with Crippen molar-refractivity contribution in [3.8, 4) is 0 Å². The molecular formula is C22H21ClF3N7O2. The zero-order valence-corrected chi connectivity index (χ0v) is 19.1. The van der Waals surface area contributed by atoms with E-state index in [-0.39, 0.29) is 22.5 Å². The van der Waals surface area contributed by atoms with Gasteiger partial charge in [0.1, 0.15) is 24.2 Å². The number of nitrogens with zero attached hydrogens (tertiary/aromatic N) is 5. The fraction of sp³-hybridized carbons (Fsp3) is 0.409. The van der Waals surface area contributed by atoms with E-state index in [2.05, 4.69) is 25.5 Å². The highest BCUT2D eigenvalue weighted by Crippen LogP contribution is 2.34. The third-order valence-electron chi connectivity index (χ3n) is 6.31. The van der Waals surface area contributed by atoms with Crippen LogP contribution >= 0.6 is 11.6 Å². The molecule has 2 amide bonds. The molecule has 2 atom stereocenters. The molecule has 0 spiro atoms. The van der Waals surface area contributed by atoms with Crippen molar-refractivity contribution in [3.05, 3.63) is 41.3 Å². The zero-order chi connectivity index (χ0) is 24.7. The minimum atomic E-state index is -4.57. The molecule has 9 nitrogen and oxygen atoms in total. The average molecular weight is 508 g/mol. The number of hydrogen-bond acceptors (Lipinski definition) is 6. The van der Waals surface area contributed by atoms with Crippen molar-refractivity contribution in [2.24, 2.45) is 0 Å². The lowest BCUT2D eigenvalue weighted by Crippen LogP contribution is -2.59. The van der Waals surface area contributed by atoms with Gasteiger partial charge in [-0.2, -0.15) is 18.3 Å². The summed E-state index contributed by atoms with van der Waals surface area (Å²) in [5, 5.41) is 10.1. The van der Waals surface area contributed by atoms with E-state index in [0.717, 1.165) is 12.1 Å². The largest absolute Gasteiger partial charge is 0.416 e. The quantitative estimate of drug-likeness (QED) is 0.558. The predicted molar refractivity (Wildman–Crippen MR) is 122 cm³/mol. The van der Waals surface area contributed by atoms with Gasteiger partial charge in [-0.25, -0.2) is 9.97 Å². The number of likely N-dealkylation sites (tertiary alicyclic amines) is 1. The minimum absolute atomic E-state index is 0.0871. The highest BCUT2D eigenvalue weighted by molar-refractivity contribution is 6.31. The molecule has 2 aromatic heterocycles. The van der Waals surface area contributed by atoms with Gasteiger partial charge in [0.25, 0.3) is 5.91 Å². The van der Waals surface area contributed by atoms with Gasteiger partial charge in [-0.15, -0.1) is 0 Å². The highest BCUT2D eigenvalue weighted by atomic mass is 35.5. The van der Waals surface area contributed by atoms with Gasteiger partial charge in [-0.05, 0) is 43.9 Å². The van der Waals surface area contributed by atoms with Crippen molar-refractivity contribution < 1.29 is 22.8 Å². The Kier molecular flexibility index (Phi) is 5.99. The summed E-state index contributed by atoms with van der Waals surface area (Å²) in [5.74, 6) is -0.161. The topological polar surface area (TPSA) is 107 Å². The first kappa shape index (κ1) is 23.3. The Morgan fingerprint density at radius 3 is 2.66 bits per heavy atom. The number of nitrogens with one attached hydrogen (secondary N) is 2.